The molecule has 6 heteroatoms. The van der Waals surface area contributed by atoms with Crippen molar-refractivity contribution in [2.24, 2.45) is 10.7 Å². The first-order chi connectivity index (χ1) is 14.1. The van der Waals surface area contributed by atoms with Crippen LogP contribution in [0.25, 0.3) is 21.8 Å². The lowest BCUT2D eigenvalue weighted by Gasteiger charge is -2.31. The fraction of sp³-hybridized carbons (Fsp3) is 0.174. The van der Waals surface area contributed by atoms with E-state index in [0.717, 1.165) is 17.6 Å². The molecule has 1 unspecified atom stereocenters. The zero-order chi connectivity index (χ0) is 19.8. The van der Waals surface area contributed by atoms with Crippen molar-refractivity contribution >= 4 is 27.6 Å². The van der Waals surface area contributed by atoms with E-state index in [0.29, 0.717) is 12.4 Å². The number of nitrogens with two attached hydrogens (primary N) is 1. The first kappa shape index (κ1) is 17.6. The van der Waals surface area contributed by atoms with E-state index in [9.17, 15) is 0 Å². The summed E-state index contributed by atoms with van der Waals surface area (Å²) in [5, 5.41) is 5.97. The molecule has 3 heterocycles. The summed E-state index contributed by atoms with van der Waals surface area (Å²) in [6.45, 7) is 3.54. The Morgan fingerprint density at radius 2 is 1.86 bits per heavy atom. The lowest BCUT2D eigenvalue weighted by molar-refractivity contribution is 0.228. The Bertz CT molecular complexity index is 1230. The van der Waals surface area contributed by atoms with Crippen LogP contribution < -0.4 is 11.1 Å². The number of benzene rings is 2. The number of aliphatic imine (C=N–C) groups is 1. The lowest BCUT2D eigenvalue weighted by Crippen LogP contribution is -2.44. The van der Waals surface area contributed by atoms with E-state index >= 15 is 0 Å². The van der Waals surface area contributed by atoms with Crippen LogP contribution in [-0.4, -0.2) is 27.0 Å². The monoisotopic (exact) mass is 384 g/mol. The van der Waals surface area contributed by atoms with Gasteiger partial charge >= 0.3 is 0 Å². The van der Waals surface area contributed by atoms with Crippen LogP contribution in [0.3, 0.4) is 0 Å². The molecule has 0 aliphatic carbocycles. The minimum absolute atomic E-state index is 0.203. The summed E-state index contributed by atoms with van der Waals surface area (Å²) < 4.78 is 0. The van der Waals surface area contributed by atoms with Gasteiger partial charge in [-0.1, -0.05) is 12.1 Å². The van der Waals surface area contributed by atoms with Crippen molar-refractivity contribution < 1.29 is 0 Å². The van der Waals surface area contributed by atoms with Crippen molar-refractivity contribution in [1.29, 1.82) is 0 Å². The molecule has 2 aromatic carbocycles. The second-order valence-corrected chi connectivity index (χ2v) is 7.57. The molecule has 5 N–H and O–H groups in total. The largest absolute Gasteiger partial charge is 0.384 e. The Labute approximate surface area is 169 Å². The topological polar surface area (TPSA) is 85.2 Å². The molecule has 0 fully saturated rings. The Morgan fingerprint density at radius 1 is 1.03 bits per heavy atom. The molecule has 6 nitrogen and oxygen atoms in total. The van der Waals surface area contributed by atoms with Gasteiger partial charge < -0.3 is 20.6 Å². The smallest absolute Gasteiger partial charge is 0.178 e. The molecule has 4 aromatic rings. The van der Waals surface area contributed by atoms with Crippen molar-refractivity contribution in [2.45, 2.75) is 26.3 Å². The minimum atomic E-state index is -0.203. The highest BCUT2D eigenvalue weighted by Gasteiger charge is 2.18. The van der Waals surface area contributed by atoms with Crippen molar-refractivity contribution in [3.05, 3.63) is 83.8 Å². The number of aromatic nitrogens is 2. The molecule has 1 aliphatic heterocycles. The van der Waals surface area contributed by atoms with E-state index in [1.807, 2.05) is 18.5 Å². The Hall–Kier alpha value is -3.51. The van der Waals surface area contributed by atoms with E-state index in [1.54, 1.807) is 0 Å². The lowest BCUT2D eigenvalue weighted by atomic mass is 10.1. The van der Waals surface area contributed by atoms with Gasteiger partial charge in [0.05, 0.1) is 0 Å². The summed E-state index contributed by atoms with van der Waals surface area (Å²) in [6.07, 6.45) is 5.62. The quantitative estimate of drug-likeness (QED) is 0.423. The maximum atomic E-state index is 5.98. The average molecular weight is 384 g/mol. The molecular formula is C23H24N6. The number of aromatic amines is 2. The van der Waals surface area contributed by atoms with Gasteiger partial charge in [0.1, 0.15) is 5.84 Å². The second-order valence-electron chi connectivity index (χ2n) is 7.57. The minimum Gasteiger partial charge on any atom is -0.384 e. The van der Waals surface area contributed by atoms with Crippen LogP contribution in [0.4, 0.5) is 0 Å². The predicted molar refractivity (Wildman–Crippen MR) is 118 cm³/mol. The molecule has 5 rings (SSSR count). The van der Waals surface area contributed by atoms with Crippen LogP contribution in [0.1, 0.15) is 16.8 Å². The molecule has 1 atom stereocenters. The van der Waals surface area contributed by atoms with Gasteiger partial charge in [0.15, 0.2) is 6.29 Å². The van der Waals surface area contributed by atoms with Gasteiger partial charge in [0.25, 0.3) is 0 Å². The number of nitrogens with one attached hydrogen (secondary N) is 3. The molecule has 0 saturated carbocycles. The summed E-state index contributed by atoms with van der Waals surface area (Å²) >= 11 is 0. The van der Waals surface area contributed by atoms with Gasteiger partial charge in [-0.2, -0.15) is 0 Å². The highest BCUT2D eigenvalue weighted by atomic mass is 15.4. The Balaban J connectivity index is 1.32. The molecule has 0 bridgehead atoms. The number of amidine groups is 1. The molecular weight excluding hydrogens is 360 g/mol. The van der Waals surface area contributed by atoms with E-state index in [1.165, 1.54) is 27.6 Å². The molecule has 0 spiro atoms. The van der Waals surface area contributed by atoms with Crippen LogP contribution in [0.15, 0.2) is 72.0 Å². The number of hydrogen-bond acceptors (Lipinski definition) is 4. The summed E-state index contributed by atoms with van der Waals surface area (Å²) in [6, 6.07) is 17.2. The average Bonchev–Trinajstić information content (AvgIpc) is 3.32. The molecule has 29 heavy (non-hydrogen) atoms. The van der Waals surface area contributed by atoms with Crippen molar-refractivity contribution in [2.75, 3.05) is 0 Å². The van der Waals surface area contributed by atoms with Gasteiger partial charge in [-0.05, 0) is 71.3 Å². The highest BCUT2D eigenvalue weighted by molar-refractivity contribution is 5.92. The number of fused-ring (bicyclic) bond motifs is 2. The van der Waals surface area contributed by atoms with Crippen LogP contribution in [0.5, 0.6) is 0 Å². The normalized spacial score (nSPS) is 16.7. The van der Waals surface area contributed by atoms with Crippen LogP contribution in [0, 0.1) is 6.92 Å². The SMILES string of the molecule is Cc1cc2cc(CN3C=CC(N)=NC3NCc3ccc4[nH]ccc4c3)ccc2[nH]1. The maximum absolute atomic E-state index is 5.98. The molecule has 2 aromatic heterocycles. The Kier molecular flexibility index (Phi) is 4.33. The molecule has 146 valence electrons. The third-order valence-corrected chi connectivity index (χ3v) is 5.31. The number of nitrogens with zero attached hydrogens (tertiary/aromatic N) is 2. The number of rotatable bonds is 5. The standard InChI is InChI=1S/C23H24N6/c1-15-10-19-12-17(3-5-21(19)27-15)14-29-9-7-22(24)28-23(29)26-13-16-2-4-20-18(11-16)6-8-25-20/h2-12,23,25-27H,13-14H2,1H3,(H2,24,28). The van der Waals surface area contributed by atoms with Crippen molar-refractivity contribution in [3.8, 4) is 0 Å². The summed E-state index contributed by atoms with van der Waals surface area (Å²) in [5.41, 5.74) is 11.9. The van der Waals surface area contributed by atoms with E-state index in [-0.39, 0.29) is 6.29 Å². The second kappa shape index (κ2) is 7.14. The maximum Gasteiger partial charge on any atom is 0.178 e. The summed E-state index contributed by atoms with van der Waals surface area (Å²) in [7, 11) is 0. The van der Waals surface area contributed by atoms with Crippen molar-refractivity contribution in [1.82, 2.24) is 20.2 Å². The molecule has 0 amide bonds. The van der Waals surface area contributed by atoms with E-state index in [4.69, 9.17) is 5.73 Å². The molecule has 1 aliphatic rings. The zero-order valence-corrected chi connectivity index (χ0v) is 16.3. The highest BCUT2D eigenvalue weighted by Crippen LogP contribution is 2.20. The van der Waals surface area contributed by atoms with Crippen LogP contribution in [0.2, 0.25) is 0 Å². The van der Waals surface area contributed by atoms with E-state index < -0.39 is 0 Å². The summed E-state index contributed by atoms with van der Waals surface area (Å²) in [5.74, 6) is 0.538. The zero-order valence-electron chi connectivity index (χ0n) is 16.3. The third kappa shape index (κ3) is 3.62. The van der Waals surface area contributed by atoms with Crippen LogP contribution >= 0.6 is 0 Å². The fourth-order valence-corrected chi connectivity index (χ4v) is 3.87. The molecule has 0 radical (unpaired) electrons. The third-order valence-electron chi connectivity index (χ3n) is 5.31. The predicted octanol–water partition coefficient (Wildman–Crippen LogP) is 3.72. The number of hydrogen-bond donors (Lipinski definition) is 4. The summed E-state index contributed by atoms with van der Waals surface area (Å²) in [4.78, 5) is 13.4. The van der Waals surface area contributed by atoms with Gasteiger partial charge in [0.2, 0.25) is 0 Å². The van der Waals surface area contributed by atoms with Crippen LogP contribution in [-0.2, 0) is 13.1 Å². The van der Waals surface area contributed by atoms with Gasteiger partial charge in [-0.3, -0.25) is 5.32 Å². The number of H-pyrrole nitrogens is 2. The van der Waals surface area contributed by atoms with Gasteiger partial charge in [0, 0.05) is 42.2 Å². The van der Waals surface area contributed by atoms with Gasteiger partial charge in [-0.15, -0.1) is 0 Å². The molecule has 0 saturated heterocycles. The fourth-order valence-electron chi connectivity index (χ4n) is 3.87. The van der Waals surface area contributed by atoms with E-state index in [2.05, 4.69) is 80.6 Å². The van der Waals surface area contributed by atoms with Gasteiger partial charge in [-0.25, -0.2) is 4.99 Å². The number of aryl methyl sites for hydroxylation is 1. The first-order valence-electron chi connectivity index (χ1n) is 9.79. The Morgan fingerprint density at radius 3 is 2.79 bits per heavy atom. The van der Waals surface area contributed by atoms with Crippen molar-refractivity contribution in [3.63, 3.8) is 0 Å². The first-order valence-corrected chi connectivity index (χ1v) is 9.79.